The number of carbonyl (C=O) groups is 1. The Kier molecular flexibility index (Phi) is 7.43. The number of amides is 1. The number of ether oxygens (including phenoxy) is 1. The lowest BCUT2D eigenvalue weighted by Crippen LogP contribution is -2.30. The third-order valence-electron chi connectivity index (χ3n) is 8.20. The molecule has 2 unspecified atom stereocenters. The van der Waals surface area contributed by atoms with Gasteiger partial charge in [0.25, 0.3) is 5.91 Å². The van der Waals surface area contributed by atoms with E-state index in [0.717, 1.165) is 53.3 Å². The minimum atomic E-state index is -1.25. The average molecular weight is 580 g/mol. The fourth-order valence-corrected chi connectivity index (χ4v) is 5.72. The van der Waals surface area contributed by atoms with Crippen molar-refractivity contribution in [2.45, 2.75) is 57.0 Å². The average Bonchev–Trinajstić information content (AvgIpc) is 3.90. The molecule has 0 radical (unpaired) electrons. The van der Waals surface area contributed by atoms with Gasteiger partial charge in [0.15, 0.2) is 0 Å². The van der Waals surface area contributed by atoms with Gasteiger partial charge in [-0.2, -0.15) is 10.4 Å². The van der Waals surface area contributed by atoms with E-state index >= 15 is 0 Å². The molecule has 2 aromatic heterocycles. The van der Waals surface area contributed by atoms with E-state index in [9.17, 15) is 15.2 Å². The molecule has 0 bridgehead atoms. The standard InChI is InChI=1S/C33H34N5O3P/c1-33(2,40)26-15-28(36-30(24(26)16-34)20-8-10-23(42)11-9-20)25(18-4-5-18)17-35-32(39)22-12-21-13-27(19-6-7-19)37-38-31(21)29(14-22)41-3/h8-15,18-19,25,40H,4-7,17,42H2,1-3H3,(H,35,39). The summed E-state index contributed by atoms with van der Waals surface area (Å²) in [7, 11) is 4.23. The second-order valence-electron chi connectivity index (χ2n) is 11.9. The van der Waals surface area contributed by atoms with E-state index < -0.39 is 5.60 Å². The molecule has 0 saturated heterocycles. The minimum Gasteiger partial charge on any atom is -0.494 e. The second-order valence-corrected chi connectivity index (χ2v) is 12.6. The number of nitriles is 1. The van der Waals surface area contributed by atoms with Gasteiger partial charge in [0, 0.05) is 46.2 Å². The summed E-state index contributed by atoms with van der Waals surface area (Å²) in [4.78, 5) is 18.5. The predicted molar refractivity (Wildman–Crippen MR) is 165 cm³/mol. The maximum atomic E-state index is 13.5. The van der Waals surface area contributed by atoms with Gasteiger partial charge in [-0.25, -0.2) is 0 Å². The van der Waals surface area contributed by atoms with Crippen molar-refractivity contribution in [3.05, 3.63) is 76.6 Å². The van der Waals surface area contributed by atoms with Crippen LogP contribution in [0, 0.1) is 17.2 Å². The minimum absolute atomic E-state index is 0.0720. The molecule has 42 heavy (non-hydrogen) atoms. The van der Waals surface area contributed by atoms with Gasteiger partial charge < -0.3 is 15.2 Å². The van der Waals surface area contributed by atoms with Crippen molar-refractivity contribution >= 4 is 31.4 Å². The van der Waals surface area contributed by atoms with Gasteiger partial charge in [-0.1, -0.05) is 24.3 Å². The number of rotatable bonds is 9. The van der Waals surface area contributed by atoms with Gasteiger partial charge >= 0.3 is 0 Å². The second kappa shape index (κ2) is 11.1. The van der Waals surface area contributed by atoms with E-state index in [4.69, 9.17) is 9.72 Å². The molecule has 2 saturated carbocycles. The van der Waals surface area contributed by atoms with Gasteiger partial charge in [0.1, 0.15) is 17.3 Å². The molecule has 8 nitrogen and oxygen atoms in total. The Hall–Kier alpha value is -3.92. The Morgan fingerprint density at radius 3 is 2.50 bits per heavy atom. The number of methoxy groups -OCH3 is 1. The van der Waals surface area contributed by atoms with Gasteiger partial charge in [-0.05, 0) is 75.0 Å². The highest BCUT2D eigenvalue weighted by Crippen LogP contribution is 2.44. The van der Waals surface area contributed by atoms with Crippen LogP contribution < -0.4 is 15.4 Å². The first-order chi connectivity index (χ1) is 20.2. The maximum Gasteiger partial charge on any atom is 0.251 e. The number of aliphatic hydroxyl groups is 1. The fraction of sp³-hybridized carbons (Fsp3) is 0.364. The number of hydrogen-bond donors (Lipinski definition) is 2. The summed E-state index contributed by atoms with van der Waals surface area (Å²) in [6.45, 7) is 3.74. The number of nitrogens with zero attached hydrogens (tertiary/aromatic N) is 4. The summed E-state index contributed by atoms with van der Waals surface area (Å²) >= 11 is 0. The Labute approximate surface area is 247 Å². The normalized spacial score (nSPS) is 15.7. The molecule has 2 aromatic carbocycles. The van der Waals surface area contributed by atoms with Crippen molar-refractivity contribution in [1.29, 1.82) is 5.26 Å². The highest BCUT2D eigenvalue weighted by molar-refractivity contribution is 7.27. The summed E-state index contributed by atoms with van der Waals surface area (Å²) < 4.78 is 5.56. The summed E-state index contributed by atoms with van der Waals surface area (Å²) in [6.07, 6.45) is 4.29. The zero-order chi connectivity index (χ0) is 29.6. The SMILES string of the molecule is COc1cc(C(=O)NCC(c2cc(C(C)(C)O)c(C#N)c(-c3ccc(P)cc3)n2)C2CC2)cc2cc(C3CC3)nnc12. The molecule has 2 aliphatic rings. The van der Waals surface area contributed by atoms with Crippen molar-refractivity contribution < 1.29 is 14.6 Å². The molecule has 2 fully saturated rings. The number of nitrogens with one attached hydrogen (secondary N) is 1. The van der Waals surface area contributed by atoms with Crippen LogP contribution >= 0.6 is 9.24 Å². The summed E-state index contributed by atoms with van der Waals surface area (Å²) in [5, 5.41) is 34.9. The van der Waals surface area contributed by atoms with Crippen LogP contribution in [0.2, 0.25) is 0 Å². The molecular weight excluding hydrogens is 545 g/mol. The van der Waals surface area contributed by atoms with E-state index in [1.54, 1.807) is 27.0 Å². The van der Waals surface area contributed by atoms with Gasteiger partial charge in [0.2, 0.25) is 0 Å². The molecule has 214 valence electrons. The lowest BCUT2D eigenvalue weighted by molar-refractivity contribution is 0.0780. The van der Waals surface area contributed by atoms with Crippen LogP contribution in [-0.2, 0) is 5.60 Å². The van der Waals surface area contributed by atoms with Crippen molar-refractivity contribution in [2.24, 2.45) is 5.92 Å². The summed E-state index contributed by atoms with van der Waals surface area (Å²) in [5.74, 6) is 1.03. The Morgan fingerprint density at radius 1 is 1.14 bits per heavy atom. The number of pyridine rings is 1. The van der Waals surface area contributed by atoms with Crippen LogP contribution in [0.25, 0.3) is 22.2 Å². The van der Waals surface area contributed by atoms with Crippen LogP contribution in [0.1, 0.15) is 84.2 Å². The molecule has 0 spiro atoms. The first-order valence-electron chi connectivity index (χ1n) is 14.3. The van der Waals surface area contributed by atoms with Crippen molar-refractivity contribution in [3.8, 4) is 23.1 Å². The molecule has 0 aliphatic heterocycles. The molecule has 2 N–H and O–H groups in total. The monoisotopic (exact) mass is 579 g/mol. The number of benzene rings is 2. The lowest BCUT2D eigenvalue weighted by atomic mass is 9.87. The first kappa shape index (κ1) is 28.2. The van der Waals surface area contributed by atoms with E-state index in [2.05, 4.69) is 30.8 Å². The van der Waals surface area contributed by atoms with Crippen LogP contribution in [0.15, 0.2) is 48.5 Å². The largest absolute Gasteiger partial charge is 0.494 e. The highest BCUT2D eigenvalue weighted by atomic mass is 31.0. The molecule has 2 atom stereocenters. The Balaban J connectivity index is 1.33. The maximum absolute atomic E-state index is 13.5. The Bertz CT molecular complexity index is 1720. The first-order valence-corrected chi connectivity index (χ1v) is 14.9. The van der Waals surface area contributed by atoms with Crippen LogP contribution in [0.3, 0.4) is 0 Å². The molecule has 6 rings (SSSR count). The highest BCUT2D eigenvalue weighted by Gasteiger charge is 2.36. The third kappa shape index (κ3) is 5.72. The van der Waals surface area contributed by atoms with E-state index in [1.807, 2.05) is 42.5 Å². The molecule has 1 amide bonds. The van der Waals surface area contributed by atoms with Crippen LogP contribution in [0.4, 0.5) is 0 Å². The number of fused-ring (bicyclic) bond motifs is 1. The topological polar surface area (TPSA) is 121 Å². The quantitative estimate of drug-likeness (QED) is 0.265. The van der Waals surface area contributed by atoms with E-state index in [-0.39, 0.29) is 11.8 Å². The zero-order valence-electron chi connectivity index (χ0n) is 24.0. The molecule has 4 aromatic rings. The smallest absolute Gasteiger partial charge is 0.251 e. The lowest BCUT2D eigenvalue weighted by Gasteiger charge is -2.25. The van der Waals surface area contributed by atoms with Crippen LogP contribution in [-0.4, -0.2) is 39.8 Å². The fourth-order valence-electron chi connectivity index (χ4n) is 5.52. The van der Waals surface area contributed by atoms with Crippen molar-refractivity contribution in [2.75, 3.05) is 13.7 Å². The zero-order valence-corrected chi connectivity index (χ0v) is 25.2. The van der Waals surface area contributed by atoms with Crippen LogP contribution in [0.5, 0.6) is 5.75 Å². The summed E-state index contributed by atoms with van der Waals surface area (Å²) in [6, 6.07) is 17.5. The van der Waals surface area contributed by atoms with Gasteiger partial charge in [-0.3, -0.25) is 9.78 Å². The molecular formula is C33H34N5O3P. The molecule has 2 aliphatic carbocycles. The number of aromatic nitrogens is 3. The van der Waals surface area contributed by atoms with E-state index in [0.29, 0.717) is 52.0 Å². The molecule has 9 heteroatoms. The number of carbonyl (C=O) groups excluding carboxylic acids is 1. The third-order valence-corrected chi connectivity index (χ3v) is 8.58. The van der Waals surface area contributed by atoms with Gasteiger partial charge in [-0.15, -0.1) is 14.3 Å². The van der Waals surface area contributed by atoms with E-state index in [1.165, 1.54) is 0 Å². The Morgan fingerprint density at radius 2 is 1.88 bits per heavy atom. The van der Waals surface area contributed by atoms with Crippen molar-refractivity contribution in [1.82, 2.24) is 20.5 Å². The number of hydrogen-bond acceptors (Lipinski definition) is 7. The van der Waals surface area contributed by atoms with Crippen molar-refractivity contribution in [3.63, 3.8) is 0 Å². The van der Waals surface area contributed by atoms with Gasteiger partial charge in [0.05, 0.1) is 29.7 Å². The predicted octanol–water partition coefficient (Wildman–Crippen LogP) is 5.10. The summed E-state index contributed by atoms with van der Waals surface area (Å²) in [5.41, 5.74) is 3.83. The molecule has 2 heterocycles.